The van der Waals surface area contributed by atoms with E-state index in [-0.39, 0.29) is 40.5 Å². The number of halogens is 3. The van der Waals surface area contributed by atoms with Gasteiger partial charge in [0.2, 0.25) is 5.95 Å². The Morgan fingerprint density at radius 2 is 1.82 bits per heavy atom. The lowest BCUT2D eigenvalue weighted by molar-refractivity contribution is -0.137. The number of aliphatic hydroxyl groups is 1. The molecule has 2 aliphatic rings. The number of anilines is 4. The fraction of sp³-hybridized carbons (Fsp3) is 0.414. The van der Waals surface area contributed by atoms with Gasteiger partial charge in [-0.3, -0.25) is 9.36 Å². The number of amides is 1. The largest absolute Gasteiger partial charge is 0.495 e. The van der Waals surface area contributed by atoms with Crippen molar-refractivity contribution < 1.29 is 42.2 Å². The molecule has 1 aliphatic carbocycles. The number of nitrogens with one attached hydrogen (secondary N) is 2. The number of methoxy groups -OCH3 is 1. The van der Waals surface area contributed by atoms with E-state index in [0.717, 1.165) is 24.0 Å². The first-order valence-corrected chi connectivity index (χ1v) is 15.7. The summed E-state index contributed by atoms with van der Waals surface area (Å²) < 4.78 is 58.9. The molecule has 0 spiro atoms. The third-order valence-electron chi connectivity index (χ3n) is 8.06. The number of rotatable bonds is 8. The third kappa shape index (κ3) is 6.83. The fourth-order valence-corrected chi connectivity index (χ4v) is 6.46. The van der Waals surface area contributed by atoms with Crippen LogP contribution in [-0.4, -0.2) is 55.4 Å². The molecule has 5 rings (SSSR count). The van der Waals surface area contributed by atoms with Crippen LogP contribution in [0.25, 0.3) is 0 Å². The van der Waals surface area contributed by atoms with Crippen molar-refractivity contribution in [3.05, 3.63) is 64.3 Å². The number of hydrogen-bond donors (Lipinski definition) is 5. The summed E-state index contributed by atoms with van der Waals surface area (Å²) in [5, 5.41) is 15.9. The van der Waals surface area contributed by atoms with Gasteiger partial charge in [-0.1, -0.05) is 12.1 Å². The first kappa shape index (κ1) is 31.7. The average Bonchev–Trinajstić information content (AvgIpc) is 3.23. The predicted molar refractivity (Wildman–Crippen MR) is 156 cm³/mol. The van der Waals surface area contributed by atoms with Crippen LogP contribution in [0.15, 0.2) is 36.5 Å². The van der Waals surface area contributed by atoms with E-state index in [1.54, 1.807) is 20.0 Å². The lowest BCUT2D eigenvalue weighted by Gasteiger charge is -2.34. The van der Waals surface area contributed by atoms with Gasteiger partial charge in [-0.15, -0.1) is 0 Å². The smallest absolute Gasteiger partial charge is 0.421 e. The Bertz CT molecular complexity index is 1630. The monoisotopic (exact) mass is 635 g/mol. The number of benzene rings is 2. The molecule has 3 aromatic rings. The second-order valence-electron chi connectivity index (χ2n) is 11.5. The average molecular weight is 636 g/mol. The van der Waals surface area contributed by atoms with E-state index in [9.17, 15) is 37.4 Å². The molecule has 11 nitrogen and oxygen atoms in total. The van der Waals surface area contributed by atoms with Crippen LogP contribution in [0.1, 0.15) is 71.1 Å². The number of carbonyl (C=O) groups is 1. The van der Waals surface area contributed by atoms with Gasteiger partial charge in [0, 0.05) is 19.8 Å². The highest BCUT2D eigenvalue weighted by Gasteiger charge is 2.38. The summed E-state index contributed by atoms with van der Waals surface area (Å²) in [7, 11) is -1.38. The lowest BCUT2D eigenvalue weighted by Crippen LogP contribution is -2.29. The lowest BCUT2D eigenvalue weighted by atomic mass is 9.75. The molecule has 15 heteroatoms. The Morgan fingerprint density at radius 3 is 2.45 bits per heavy atom. The van der Waals surface area contributed by atoms with Gasteiger partial charge in [0.15, 0.2) is 0 Å². The maximum atomic E-state index is 14.1. The van der Waals surface area contributed by atoms with Crippen molar-refractivity contribution in [1.82, 2.24) is 14.9 Å². The summed E-state index contributed by atoms with van der Waals surface area (Å²) in [6.45, 7) is 2.12. The summed E-state index contributed by atoms with van der Waals surface area (Å²) >= 11 is 0. The Hall–Kier alpha value is -3.71. The zero-order valence-electron chi connectivity index (χ0n) is 24.3. The molecule has 2 aromatic carbocycles. The van der Waals surface area contributed by atoms with Crippen LogP contribution in [0.4, 0.5) is 36.3 Å². The van der Waals surface area contributed by atoms with Crippen LogP contribution >= 0.6 is 7.60 Å². The highest BCUT2D eigenvalue weighted by atomic mass is 31.2. The van der Waals surface area contributed by atoms with Crippen LogP contribution < -0.4 is 15.4 Å². The normalized spacial score (nSPS) is 20.4. The second kappa shape index (κ2) is 11.7. The topological polar surface area (TPSA) is 157 Å². The van der Waals surface area contributed by atoms with Gasteiger partial charge < -0.3 is 35.2 Å². The van der Waals surface area contributed by atoms with E-state index < -0.39 is 36.9 Å². The number of nitrogens with zero attached hydrogens (tertiary/aromatic N) is 3. The summed E-state index contributed by atoms with van der Waals surface area (Å²) in [5.41, 5.74) is 0.821. The maximum absolute atomic E-state index is 14.1. The van der Waals surface area contributed by atoms with Gasteiger partial charge in [0.25, 0.3) is 5.91 Å². The van der Waals surface area contributed by atoms with Gasteiger partial charge in [-0.2, -0.15) is 18.2 Å². The first-order chi connectivity index (χ1) is 20.5. The van der Waals surface area contributed by atoms with Crippen LogP contribution in [0.3, 0.4) is 0 Å². The van der Waals surface area contributed by atoms with E-state index >= 15 is 0 Å². The molecular formula is C29H33F3N5O6P. The van der Waals surface area contributed by atoms with Crippen molar-refractivity contribution in [2.24, 2.45) is 0 Å². The number of carbonyl (C=O) groups excluding carboxylic acids is 1. The molecule has 44 heavy (non-hydrogen) atoms. The quantitative estimate of drug-likeness (QED) is 0.196. The molecule has 236 valence electrons. The van der Waals surface area contributed by atoms with Crippen molar-refractivity contribution in [1.29, 1.82) is 0 Å². The van der Waals surface area contributed by atoms with Gasteiger partial charge in [-0.25, -0.2) is 4.98 Å². The molecule has 1 fully saturated rings. The minimum atomic E-state index is -4.81. The molecule has 0 unspecified atom stereocenters. The zero-order chi connectivity index (χ0) is 32.0. The highest BCUT2D eigenvalue weighted by Crippen LogP contribution is 2.44. The molecule has 0 bridgehead atoms. The molecule has 1 aromatic heterocycles. The van der Waals surface area contributed by atoms with Gasteiger partial charge in [-0.05, 0) is 73.4 Å². The molecular weight excluding hydrogens is 602 g/mol. The van der Waals surface area contributed by atoms with Crippen LogP contribution in [0.2, 0.25) is 0 Å². The van der Waals surface area contributed by atoms with Crippen LogP contribution in [0, 0.1) is 0 Å². The minimum Gasteiger partial charge on any atom is -0.495 e. The van der Waals surface area contributed by atoms with E-state index in [2.05, 4.69) is 20.6 Å². The Kier molecular flexibility index (Phi) is 8.40. The molecule has 1 amide bonds. The highest BCUT2D eigenvalue weighted by molar-refractivity contribution is 7.50. The van der Waals surface area contributed by atoms with Gasteiger partial charge >= 0.3 is 13.8 Å². The van der Waals surface area contributed by atoms with Gasteiger partial charge in [0.1, 0.15) is 17.1 Å². The SMILES string of the molecule is COc1cc(CP(=O)(O)O)ccc1Nc1ncc(C(F)(F)F)c(Nc2ccc(C3CCC(C)(O)CC3)c3c2C(=O)N(C)C3)n1. The number of hydrogen-bond acceptors (Lipinski definition) is 8. The zero-order valence-corrected chi connectivity index (χ0v) is 25.2. The Balaban J connectivity index is 1.49. The van der Waals surface area contributed by atoms with E-state index in [1.807, 2.05) is 6.07 Å². The van der Waals surface area contributed by atoms with E-state index in [0.29, 0.717) is 31.1 Å². The third-order valence-corrected chi connectivity index (χ3v) is 8.83. The number of aromatic nitrogens is 2. The summed E-state index contributed by atoms with van der Waals surface area (Å²) in [6, 6.07) is 7.70. The Labute approximate surface area is 251 Å². The van der Waals surface area contributed by atoms with E-state index in [1.165, 1.54) is 30.2 Å². The van der Waals surface area contributed by atoms with Crippen molar-refractivity contribution in [3.8, 4) is 5.75 Å². The van der Waals surface area contributed by atoms with Crippen molar-refractivity contribution in [2.45, 2.75) is 63.0 Å². The molecule has 1 aliphatic heterocycles. The second-order valence-corrected chi connectivity index (χ2v) is 13.2. The van der Waals surface area contributed by atoms with E-state index in [4.69, 9.17) is 4.74 Å². The molecule has 2 heterocycles. The summed E-state index contributed by atoms with van der Waals surface area (Å²) in [4.78, 5) is 41.2. The van der Waals surface area contributed by atoms with Crippen LogP contribution in [0.5, 0.6) is 5.75 Å². The minimum absolute atomic E-state index is 0.112. The summed E-state index contributed by atoms with van der Waals surface area (Å²) in [5.74, 6) is -0.833. The molecule has 0 radical (unpaired) electrons. The maximum Gasteiger partial charge on any atom is 0.421 e. The van der Waals surface area contributed by atoms with Crippen molar-refractivity contribution in [3.63, 3.8) is 0 Å². The first-order valence-electron chi connectivity index (χ1n) is 13.9. The standard InChI is InChI=1S/C29H33F3N5O6P/c1-28(39)10-8-17(9-11-28)18-5-7-22(24-19(18)14-37(2)26(24)38)34-25-20(29(30,31)32)13-33-27(36-25)35-21-6-4-16(12-23(21)43-3)15-44(40,41)42/h4-7,12-13,17,39H,8-11,14-15H2,1-3H3,(H2,40,41,42)(H2,33,34,35,36). The molecule has 0 saturated heterocycles. The number of ether oxygens (including phenoxy) is 1. The fourth-order valence-electron chi connectivity index (χ4n) is 5.78. The van der Waals surface area contributed by atoms with Crippen molar-refractivity contribution >= 4 is 36.6 Å². The molecule has 0 atom stereocenters. The number of fused-ring (bicyclic) bond motifs is 1. The summed E-state index contributed by atoms with van der Waals surface area (Å²) in [6.07, 6.45) is -2.03. The molecule has 5 N–H and O–H groups in total. The van der Waals surface area contributed by atoms with Gasteiger partial charge in [0.05, 0.1) is 35.8 Å². The van der Waals surface area contributed by atoms with Crippen LogP contribution in [-0.2, 0) is 23.4 Å². The Morgan fingerprint density at radius 1 is 1.14 bits per heavy atom. The number of alkyl halides is 3. The molecule has 1 saturated carbocycles. The van der Waals surface area contributed by atoms with Crippen molar-refractivity contribution in [2.75, 3.05) is 24.8 Å². The predicted octanol–water partition coefficient (Wildman–Crippen LogP) is 5.66.